The van der Waals surface area contributed by atoms with Crippen molar-refractivity contribution in [2.45, 2.75) is 25.8 Å². The number of likely N-dealkylation sites (tertiary alicyclic amines) is 1. The van der Waals surface area contributed by atoms with Gasteiger partial charge in [-0.15, -0.1) is 11.3 Å². The highest BCUT2D eigenvalue weighted by Crippen LogP contribution is 2.29. The Bertz CT molecular complexity index is 915. The molecule has 2 N–H and O–H groups in total. The van der Waals surface area contributed by atoms with Crippen molar-refractivity contribution in [3.63, 3.8) is 0 Å². The van der Waals surface area contributed by atoms with Crippen LogP contribution in [0.4, 0.5) is 0 Å². The van der Waals surface area contributed by atoms with E-state index in [0.717, 1.165) is 67.3 Å². The predicted octanol–water partition coefficient (Wildman–Crippen LogP) is 2.33. The van der Waals surface area contributed by atoms with E-state index >= 15 is 0 Å². The van der Waals surface area contributed by atoms with Crippen molar-refractivity contribution in [3.05, 3.63) is 35.1 Å². The van der Waals surface area contributed by atoms with Crippen molar-refractivity contribution in [2.75, 3.05) is 52.5 Å². The van der Waals surface area contributed by atoms with Crippen LogP contribution >= 0.6 is 11.3 Å². The van der Waals surface area contributed by atoms with Crippen molar-refractivity contribution < 1.29 is 4.74 Å². The number of thiazole rings is 1. The van der Waals surface area contributed by atoms with Crippen LogP contribution in [-0.2, 0) is 4.74 Å². The fourth-order valence-corrected chi connectivity index (χ4v) is 5.51. The SMILES string of the molecule is CCN1CCCC1CNC1=C(c2nc3ccccc3s2)CN=C(N2CCOCC2)N1. The highest BCUT2D eigenvalue weighted by atomic mass is 32.1. The average Bonchev–Trinajstić information content (AvgIpc) is 3.44. The monoisotopic (exact) mass is 426 g/mol. The Morgan fingerprint density at radius 2 is 2.10 bits per heavy atom. The minimum atomic E-state index is 0.589. The minimum Gasteiger partial charge on any atom is -0.378 e. The van der Waals surface area contributed by atoms with E-state index in [1.165, 1.54) is 24.1 Å². The number of para-hydroxylation sites is 1. The second-order valence-corrected chi connectivity index (χ2v) is 9.04. The number of aliphatic imine (C=N–C) groups is 1. The number of nitrogens with one attached hydrogen (secondary N) is 2. The van der Waals surface area contributed by atoms with E-state index in [1.54, 1.807) is 11.3 Å². The summed E-state index contributed by atoms with van der Waals surface area (Å²) < 4.78 is 6.73. The maximum atomic E-state index is 5.51. The molecule has 4 heterocycles. The lowest BCUT2D eigenvalue weighted by molar-refractivity contribution is 0.0666. The molecule has 3 aliphatic rings. The molecule has 0 radical (unpaired) electrons. The first-order valence-electron chi connectivity index (χ1n) is 11.0. The summed E-state index contributed by atoms with van der Waals surface area (Å²) in [4.78, 5) is 14.6. The number of ether oxygens (including phenoxy) is 1. The Kier molecular flexibility index (Phi) is 5.88. The third-order valence-corrected chi connectivity index (χ3v) is 7.30. The molecule has 2 fully saturated rings. The first-order valence-corrected chi connectivity index (χ1v) is 11.8. The van der Waals surface area contributed by atoms with Crippen LogP contribution in [0.3, 0.4) is 0 Å². The van der Waals surface area contributed by atoms with E-state index in [9.17, 15) is 0 Å². The highest BCUT2D eigenvalue weighted by molar-refractivity contribution is 7.19. The first kappa shape index (κ1) is 19.8. The van der Waals surface area contributed by atoms with Crippen LogP contribution in [0.2, 0.25) is 0 Å². The molecule has 0 bridgehead atoms. The van der Waals surface area contributed by atoms with Crippen molar-refractivity contribution in [1.29, 1.82) is 0 Å². The molecule has 0 amide bonds. The fourth-order valence-electron chi connectivity index (χ4n) is 4.50. The van der Waals surface area contributed by atoms with Gasteiger partial charge in [-0.25, -0.2) is 9.98 Å². The van der Waals surface area contributed by atoms with Gasteiger partial charge < -0.3 is 20.3 Å². The molecule has 30 heavy (non-hydrogen) atoms. The lowest BCUT2D eigenvalue weighted by Crippen LogP contribution is -2.51. The van der Waals surface area contributed by atoms with Crippen LogP contribution in [0.15, 0.2) is 35.1 Å². The first-order chi connectivity index (χ1) is 14.8. The summed E-state index contributed by atoms with van der Waals surface area (Å²) in [7, 11) is 0. The van der Waals surface area contributed by atoms with Gasteiger partial charge in [0.1, 0.15) is 10.8 Å². The molecule has 2 saturated heterocycles. The number of guanidine groups is 1. The molecule has 0 spiro atoms. The summed E-state index contributed by atoms with van der Waals surface area (Å²) in [5.74, 6) is 2.01. The van der Waals surface area contributed by atoms with Gasteiger partial charge in [0.2, 0.25) is 0 Å². The molecule has 0 saturated carbocycles. The predicted molar refractivity (Wildman–Crippen MR) is 123 cm³/mol. The second kappa shape index (κ2) is 8.91. The number of morpholine rings is 1. The van der Waals surface area contributed by atoms with E-state index in [-0.39, 0.29) is 0 Å². The maximum absolute atomic E-state index is 5.51. The van der Waals surface area contributed by atoms with E-state index in [2.05, 4.69) is 45.6 Å². The highest BCUT2D eigenvalue weighted by Gasteiger charge is 2.26. The summed E-state index contributed by atoms with van der Waals surface area (Å²) in [6, 6.07) is 8.93. The normalized spacial score (nSPS) is 23.0. The van der Waals surface area contributed by atoms with Gasteiger partial charge in [-0.05, 0) is 38.1 Å². The minimum absolute atomic E-state index is 0.589. The lowest BCUT2D eigenvalue weighted by Gasteiger charge is -2.33. The summed E-state index contributed by atoms with van der Waals surface area (Å²) in [5.41, 5.74) is 2.22. The number of nitrogens with zero attached hydrogens (tertiary/aromatic N) is 4. The number of hydrogen-bond donors (Lipinski definition) is 2. The third-order valence-electron chi connectivity index (χ3n) is 6.21. The molecular weight excluding hydrogens is 396 g/mol. The molecule has 3 aliphatic heterocycles. The van der Waals surface area contributed by atoms with Crippen LogP contribution in [0.5, 0.6) is 0 Å². The molecule has 2 aromatic rings. The molecule has 0 aliphatic carbocycles. The number of likely N-dealkylation sites (N-methyl/N-ethyl adjacent to an activating group) is 1. The molecule has 5 rings (SSSR count). The van der Waals surface area contributed by atoms with Gasteiger partial charge in [-0.3, -0.25) is 4.90 Å². The van der Waals surface area contributed by atoms with Crippen LogP contribution in [0.25, 0.3) is 15.8 Å². The fraction of sp³-hybridized carbons (Fsp3) is 0.545. The molecule has 1 aromatic heterocycles. The zero-order valence-corrected chi connectivity index (χ0v) is 18.4. The molecule has 1 aromatic carbocycles. The second-order valence-electron chi connectivity index (χ2n) is 8.01. The number of hydrogen-bond acceptors (Lipinski definition) is 8. The van der Waals surface area contributed by atoms with Gasteiger partial charge in [0.25, 0.3) is 0 Å². The van der Waals surface area contributed by atoms with Crippen LogP contribution < -0.4 is 10.6 Å². The van der Waals surface area contributed by atoms with E-state index in [0.29, 0.717) is 12.6 Å². The summed E-state index contributed by atoms with van der Waals surface area (Å²) in [6.07, 6.45) is 2.55. The molecule has 7 nitrogen and oxygen atoms in total. The molecule has 1 unspecified atom stereocenters. The zero-order chi connectivity index (χ0) is 20.3. The van der Waals surface area contributed by atoms with Crippen molar-refractivity contribution in [3.8, 4) is 0 Å². The number of fused-ring (bicyclic) bond motifs is 1. The molecule has 8 heteroatoms. The van der Waals surface area contributed by atoms with Crippen LogP contribution in [0, 0.1) is 0 Å². The lowest BCUT2D eigenvalue weighted by atomic mass is 10.2. The Morgan fingerprint density at radius 1 is 1.23 bits per heavy atom. The van der Waals surface area contributed by atoms with Gasteiger partial charge >= 0.3 is 0 Å². The quantitative estimate of drug-likeness (QED) is 0.765. The third kappa shape index (κ3) is 4.04. The maximum Gasteiger partial charge on any atom is 0.200 e. The summed E-state index contributed by atoms with van der Waals surface area (Å²) in [5, 5.41) is 8.41. The van der Waals surface area contributed by atoms with Crippen LogP contribution in [0.1, 0.15) is 24.8 Å². The summed E-state index contributed by atoms with van der Waals surface area (Å²) in [6.45, 7) is 9.43. The van der Waals surface area contributed by atoms with E-state index < -0.39 is 0 Å². The van der Waals surface area contributed by atoms with E-state index in [4.69, 9.17) is 14.7 Å². The number of aromatic nitrogens is 1. The standard InChI is InChI=1S/C22H30N6OS/c1-2-27-9-5-6-16(27)14-23-20-17(21-25-18-7-3-4-8-19(18)30-21)15-24-22(26-20)28-10-12-29-13-11-28/h3-4,7-8,16,23H,2,5-6,9-15H2,1H3,(H,24,26). The van der Waals surface area contributed by atoms with Gasteiger partial charge in [-0.2, -0.15) is 0 Å². The van der Waals surface area contributed by atoms with Gasteiger partial charge in [0.15, 0.2) is 5.96 Å². The van der Waals surface area contributed by atoms with Gasteiger partial charge in [-0.1, -0.05) is 19.1 Å². The Balaban J connectivity index is 1.40. The molecule has 160 valence electrons. The van der Waals surface area contributed by atoms with Crippen molar-refractivity contribution >= 4 is 33.1 Å². The average molecular weight is 427 g/mol. The summed E-state index contributed by atoms with van der Waals surface area (Å²) >= 11 is 1.75. The van der Waals surface area contributed by atoms with Crippen molar-refractivity contribution in [2.24, 2.45) is 4.99 Å². The number of benzene rings is 1. The Hall–Kier alpha value is -2.16. The molecule has 1 atom stereocenters. The smallest absolute Gasteiger partial charge is 0.200 e. The van der Waals surface area contributed by atoms with E-state index in [1.807, 2.05) is 6.07 Å². The Morgan fingerprint density at radius 3 is 2.93 bits per heavy atom. The molecular formula is C22H30N6OS. The zero-order valence-electron chi connectivity index (χ0n) is 17.6. The largest absolute Gasteiger partial charge is 0.378 e. The van der Waals surface area contributed by atoms with Gasteiger partial charge in [0.05, 0.1) is 30.0 Å². The van der Waals surface area contributed by atoms with Crippen molar-refractivity contribution in [1.82, 2.24) is 25.4 Å². The Labute approximate surface area is 181 Å². The topological polar surface area (TPSA) is 65.0 Å². The van der Waals surface area contributed by atoms with Gasteiger partial charge in [0, 0.05) is 31.2 Å². The van der Waals surface area contributed by atoms with Crippen LogP contribution in [-0.4, -0.2) is 79.3 Å². The number of rotatable bonds is 5.